The van der Waals surface area contributed by atoms with Crippen molar-refractivity contribution < 1.29 is 22.7 Å². The minimum atomic E-state index is -4.41. The van der Waals surface area contributed by atoms with Gasteiger partial charge in [0, 0.05) is 5.75 Å². The van der Waals surface area contributed by atoms with Crippen LogP contribution >= 0.6 is 11.8 Å². The fraction of sp³-hybridized carbons (Fsp3) is 0.300. The molecule has 3 rings (SSSR count). The first kappa shape index (κ1) is 21.0. The van der Waals surface area contributed by atoms with Crippen molar-refractivity contribution in [2.75, 3.05) is 7.11 Å². The van der Waals surface area contributed by atoms with Crippen molar-refractivity contribution in [1.29, 1.82) is 5.26 Å². The van der Waals surface area contributed by atoms with Crippen LogP contribution in [0.4, 0.5) is 13.2 Å². The summed E-state index contributed by atoms with van der Waals surface area (Å²) in [5.41, 5.74) is -0.0215. The molecule has 9 heteroatoms. The van der Waals surface area contributed by atoms with E-state index in [1.165, 1.54) is 17.8 Å². The number of nitriles is 1. The molecule has 2 N–H and O–H groups in total. The van der Waals surface area contributed by atoms with Crippen molar-refractivity contribution in [3.05, 3.63) is 65.2 Å². The molecular formula is C20H18F3N3O2S. The zero-order valence-electron chi connectivity index (χ0n) is 15.4. The quantitative estimate of drug-likeness (QED) is 0.768. The van der Waals surface area contributed by atoms with Gasteiger partial charge in [-0.05, 0) is 29.3 Å². The second kappa shape index (κ2) is 8.76. The van der Waals surface area contributed by atoms with Crippen molar-refractivity contribution in [2.45, 2.75) is 23.5 Å². The van der Waals surface area contributed by atoms with Gasteiger partial charge in [0.2, 0.25) is 5.91 Å². The maximum atomic E-state index is 12.9. The minimum Gasteiger partial charge on any atom is -0.497 e. The molecule has 29 heavy (non-hydrogen) atoms. The number of nitrogens with zero attached hydrogens (tertiary/aromatic N) is 1. The molecule has 1 amide bonds. The number of hydrogen-bond acceptors (Lipinski definition) is 5. The van der Waals surface area contributed by atoms with Gasteiger partial charge in [0.15, 0.2) is 0 Å². The van der Waals surface area contributed by atoms with Crippen molar-refractivity contribution in [1.82, 2.24) is 10.6 Å². The van der Waals surface area contributed by atoms with Crippen LogP contribution in [0.25, 0.3) is 0 Å². The second-order valence-corrected chi connectivity index (χ2v) is 7.52. The lowest BCUT2D eigenvalue weighted by Gasteiger charge is -2.34. The summed E-state index contributed by atoms with van der Waals surface area (Å²) in [6, 6.07) is 13.6. The van der Waals surface area contributed by atoms with E-state index in [1.807, 2.05) is 6.07 Å². The third-order valence-electron chi connectivity index (χ3n) is 4.51. The van der Waals surface area contributed by atoms with Crippen molar-refractivity contribution >= 4 is 17.7 Å². The molecule has 2 aromatic rings. The Balaban J connectivity index is 1.72. The van der Waals surface area contributed by atoms with E-state index in [0.717, 1.165) is 17.7 Å². The van der Waals surface area contributed by atoms with Gasteiger partial charge in [0.1, 0.15) is 17.2 Å². The number of alkyl halides is 3. The zero-order chi connectivity index (χ0) is 21.0. The molecular weight excluding hydrogens is 403 g/mol. The Morgan fingerprint density at radius 1 is 1.21 bits per heavy atom. The number of hydrogen-bond donors (Lipinski definition) is 2. The average Bonchev–Trinajstić information content (AvgIpc) is 2.71. The monoisotopic (exact) mass is 421 g/mol. The molecule has 2 aromatic carbocycles. The Morgan fingerprint density at radius 3 is 2.55 bits per heavy atom. The highest BCUT2D eigenvalue weighted by Gasteiger charge is 2.37. The number of methoxy groups -OCH3 is 1. The van der Waals surface area contributed by atoms with Crippen LogP contribution in [0.15, 0.2) is 48.5 Å². The van der Waals surface area contributed by atoms with E-state index in [1.54, 1.807) is 37.4 Å². The summed E-state index contributed by atoms with van der Waals surface area (Å²) in [4.78, 5) is 12.4. The standard InChI is InChI=1S/C20H18F3N3O2S/c1-28-15-7-5-13(6-8-15)17-16(10-24)18(27)26-19(25-17)29-11-12-3-2-4-14(9-12)20(21,22)23/h2-9,16-17,19,25H,11H2,1H3,(H,26,27). The van der Waals surface area contributed by atoms with E-state index in [2.05, 4.69) is 10.6 Å². The third-order valence-corrected chi connectivity index (χ3v) is 5.59. The normalized spacial score (nSPS) is 21.9. The van der Waals surface area contributed by atoms with Crippen LogP contribution in [-0.2, 0) is 16.7 Å². The molecule has 0 aliphatic carbocycles. The highest BCUT2D eigenvalue weighted by molar-refractivity contribution is 7.99. The van der Waals surface area contributed by atoms with Gasteiger partial charge >= 0.3 is 6.18 Å². The third kappa shape index (κ3) is 5.02. The van der Waals surface area contributed by atoms with Gasteiger partial charge in [-0.1, -0.05) is 30.3 Å². The van der Waals surface area contributed by atoms with Gasteiger partial charge in [0.25, 0.3) is 0 Å². The average molecular weight is 421 g/mol. The molecule has 1 aliphatic rings. The largest absolute Gasteiger partial charge is 0.497 e. The molecule has 0 spiro atoms. The number of carbonyl (C=O) groups excluding carboxylic acids is 1. The number of halogens is 3. The van der Waals surface area contributed by atoms with E-state index in [4.69, 9.17) is 4.74 Å². The lowest BCUT2D eigenvalue weighted by atomic mass is 9.92. The van der Waals surface area contributed by atoms with Gasteiger partial charge in [-0.3, -0.25) is 10.1 Å². The summed E-state index contributed by atoms with van der Waals surface area (Å²) >= 11 is 1.25. The van der Waals surface area contributed by atoms with Crippen LogP contribution in [0.3, 0.4) is 0 Å². The molecule has 5 nitrogen and oxygen atoms in total. The first-order chi connectivity index (χ1) is 13.8. The fourth-order valence-electron chi connectivity index (χ4n) is 3.01. The van der Waals surface area contributed by atoms with Gasteiger partial charge < -0.3 is 10.1 Å². The van der Waals surface area contributed by atoms with Crippen LogP contribution < -0.4 is 15.4 Å². The Hall–Kier alpha value is -2.70. The number of amides is 1. The fourth-order valence-corrected chi connectivity index (χ4v) is 3.99. The molecule has 1 aliphatic heterocycles. The lowest BCUT2D eigenvalue weighted by molar-refractivity contribution is -0.137. The summed E-state index contributed by atoms with van der Waals surface area (Å²) in [6.45, 7) is 0. The first-order valence-electron chi connectivity index (χ1n) is 8.69. The van der Waals surface area contributed by atoms with Crippen LogP contribution in [0, 0.1) is 17.2 Å². The topological polar surface area (TPSA) is 74.2 Å². The molecule has 0 radical (unpaired) electrons. The Kier molecular flexibility index (Phi) is 6.35. The predicted molar refractivity (Wildman–Crippen MR) is 103 cm³/mol. The maximum absolute atomic E-state index is 12.9. The molecule has 0 bridgehead atoms. The molecule has 1 saturated heterocycles. The number of rotatable bonds is 5. The van der Waals surface area contributed by atoms with E-state index >= 15 is 0 Å². The molecule has 3 atom stereocenters. The Morgan fingerprint density at radius 2 is 1.93 bits per heavy atom. The Labute approximate surface area is 170 Å². The molecule has 3 unspecified atom stereocenters. The van der Waals surface area contributed by atoms with Crippen LogP contribution in [0.1, 0.15) is 22.7 Å². The highest BCUT2D eigenvalue weighted by atomic mass is 32.2. The van der Waals surface area contributed by atoms with Gasteiger partial charge in [-0.2, -0.15) is 18.4 Å². The maximum Gasteiger partial charge on any atom is 0.416 e. The SMILES string of the molecule is COc1ccc(C2NC(SCc3cccc(C(F)(F)F)c3)NC(=O)C2C#N)cc1. The van der Waals surface area contributed by atoms with E-state index < -0.39 is 35.1 Å². The van der Waals surface area contributed by atoms with E-state index in [9.17, 15) is 23.2 Å². The number of thioether (sulfide) groups is 1. The van der Waals surface area contributed by atoms with E-state index in [0.29, 0.717) is 11.3 Å². The summed E-state index contributed by atoms with van der Waals surface area (Å²) < 4.78 is 43.7. The summed E-state index contributed by atoms with van der Waals surface area (Å²) in [7, 11) is 1.54. The molecule has 152 valence electrons. The van der Waals surface area contributed by atoms with Crippen molar-refractivity contribution in [2.24, 2.45) is 5.92 Å². The second-order valence-electron chi connectivity index (χ2n) is 6.42. The number of ether oxygens (including phenoxy) is 1. The molecule has 0 aromatic heterocycles. The summed E-state index contributed by atoms with van der Waals surface area (Å²) in [6.07, 6.45) is -4.41. The molecule has 0 saturated carbocycles. The number of nitrogens with one attached hydrogen (secondary N) is 2. The van der Waals surface area contributed by atoms with Gasteiger partial charge in [-0.15, -0.1) is 11.8 Å². The van der Waals surface area contributed by atoms with Crippen LogP contribution in [0.5, 0.6) is 5.75 Å². The van der Waals surface area contributed by atoms with Gasteiger partial charge in [-0.25, -0.2) is 0 Å². The zero-order valence-corrected chi connectivity index (χ0v) is 16.2. The summed E-state index contributed by atoms with van der Waals surface area (Å²) in [5.74, 6) is -0.436. The smallest absolute Gasteiger partial charge is 0.416 e. The Bertz CT molecular complexity index is 912. The predicted octanol–water partition coefficient (Wildman–Crippen LogP) is 3.83. The molecule has 1 fully saturated rings. The highest BCUT2D eigenvalue weighted by Crippen LogP contribution is 2.32. The number of benzene rings is 2. The minimum absolute atomic E-state index is 0.258. The van der Waals surface area contributed by atoms with Crippen molar-refractivity contribution in [3.8, 4) is 11.8 Å². The molecule has 1 heterocycles. The van der Waals surface area contributed by atoms with Crippen molar-refractivity contribution in [3.63, 3.8) is 0 Å². The summed E-state index contributed by atoms with van der Waals surface area (Å²) in [5, 5.41) is 15.3. The first-order valence-corrected chi connectivity index (χ1v) is 9.74. The van der Waals surface area contributed by atoms with Crippen LogP contribution in [-0.4, -0.2) is 18.5 Å². The lowest BCUT2D eigenvalue weighted by Crippen LogP contribution is -2.55. The van der Waals surface area contributed by atoms with E-state index in [-0.39, 0.29) is 5.75 Å². The van der Waals surface area contributed by atoms with Gasteiger partial charge in [0.05, 0.1) is 24.8 Å². The number of carbonyl (C=O) groups is 1. The van der Waals surface area contributed by atoms with Crippen LogP contribution in [0.2, 0.25) is 0 Å².